The van der Waals surface area contributed by atoms with Gasteiger partial charge in [-0.25, -0.2) is 0 Å². The van der Waals surface area contributed by atoms with Crippen molar-refractivity contribution in [1.82, 2.24) is 0 Å². The molecule has 2 nitrogen and oxygen atoms in total. The molecule has 14 aromatic carbocycles. The summed E-state index contributed by atoms with van der Waals surface area (Å²) in [5, 5.41) is 12.3. The Hall–Kier alpha value is -9.63. The highest BCUT2D eigenvalue weighted by molar-refractivity contribution is 6.96. The molecular formula is C74H54B2N2. The molecule has 366 valence electrons. The Bertz CT molecular complexity index is 4070. The van der Waals surface area contributed by atoms with Gasteiger partial charge in [0.1, 0.15) is 0 Å². The van der Waals surface area contributed by atoms with E-state index in [1.165, 1.54) is 97.8 Å². The van der Waals surface area contributed by atoms with Crippen LogP contribution in [0.5, 0.6) is 0 Å². The minimum atomic E-state index is 0.0913. The topological polar surface area (TPSA) is 6.48 Å². The molecule has 78 heavy (non-hydrogen) atoms. The van der Waals surface area contributed by atoms with E-state index in [0.717, 1.165) is 34.1 Å². The molecule has 0 aliphatic heterocycles. The lowest BCUT2D eigenvalue weighted by atomic mass is 9.37. The van der Waals surface area contributed by atoms with Gasteiger partial charge in [-0.05, 0) is 106 Å². The van der Waals surface area contributed by atoms with Gasteiger partial charge in [0, 0.05) is 32.9 Å². The number of rotatable bonds is 12. The van der Waals surface area contributed by atoms with Gasteiger partial charge in [-0.15, -0.1) is 0 Å². The smallest absolute Gasteiger partial charge is 0.241 e. The molecule has 0 heterocycles. The fourth-order valence-electron chi connectivity index (χ4n) is 12.7. The Kier molecular flexibility index (Phi) is 11.9. The maximum Gasteiger partial charge on any atom is 0.241 e. The maximum atomic E-state index is 2.51. The lowest BCUT2D eigenvalue weighted by Crippen LogP contribution is -2.51. The average molecular weight is 993 g/mol. The summed E-state index contributed by atoms with van der Waals surface area (Å²) in [6.45, 7) is 4.77. The number of aryl methyl sites for hydroxylation is 2. The van der Waals surface area contributed by atoms with Crippen LogP contribution in [-0.4, -0.2) is 13.4 Å². The van der Waals surface area contributed by atoms with Crippen molar-refractivity contribution in [2.24, 2.45) is 0 Å². The van der Waals surface area contributed by atoms with Crippen LogP contribution >= 0.6 is 0 Å². The third-order valence-electron chi connectivity index (χ3n) is 16.3. The van der Waals surface area contributed by atoms with Crippen LogP contribution < -0.4 is 42.6 Å². The molecule has 0 spiro atoms. The SMILES string of the molecule is Cc1cc(N(c2ccc(B(c3ccccc3)c3ccccc3)cc2)c2cccc3ccccc23)c2ccc3c(C)cc(N(c4ccc(B(c5ccccc5)c5ccccc5)cc4)c4cccc5ccccc45)c4ccc1c2c34. The third-order valence-corrected chi connectivity index (χ3v) is 16.3. The van der Waals surface area contributed by atoms with Crippen molar-refractivity contribution in [3.63, 3.8) is 0 Å². The van der Waals surface area contributed by atoms with Crippen LogP contribution in [0.1, 0.15) is 11.1 Å². The summed E-state index contributed by atoms with van der Waals surface area (Å²) in [4.78, 5) is 5.03. The first-order valence-electron chi connectivity index (χ1n) is 27.2. The number of fused-ring (bicyclic) bond motifs is 2. The molecule has 0 radical (unpaired) electrons. The highest BCUT2D eigenvalue weighted by Crippen LogP contribution is 2.50. The van der Waals surface area contributed by atoms with Crippen molar-refractivity contribution in [3.8, 4) is 0 Å². The first-order chi connectivity index (χ1) is 38.6. The van der Waals surface area contributed by atoms with Crippen LogP contribution in [0.15, 0.2) is 291 Å². The second-order valence-electron chi connectivity index (χ2n) is 20.9. The van der Waals surface area contributed by atoms with Gasteiger partial charge in [0.15, 0.2) is 0 Å². The second-order valence-corrected chi connectivity index (χ2v) is 20.9. The Balaban J connectivity index is 0.979. The molecule has 14 rings (SSSR count). The summed E-state index contributed by atoms with van der Waals surface area (Å²) >= 11 is 0. The van der Waals surface area contributed by atoms with Gasteiger partial charge >= 0.3 is 0 Å². The zero-order chi connectivity index (χ0) is 52.1. The van der Waals surface area contributed by atoms with E-state index in [1.54, 1.807) is 0 Å². The van der Waals surface area contributed by atoms with Crippen molar-refractivity contribution >= 4 is 134 Å². The van der Waals surface area contributed by atoms with Crippen LogP contribution in [-0.2, 0) is 0 Å². The van der Waals surface area contributed by atoms with Crippen LogP contribution in [0.3, 0.4) is 0 Å². The molecule has 0 saturated carbocycles. The lowest BCUT2D eigenvalue weighted by molar-refractivity contribution is 1.30. The predicted octanol–water partition coefficient (Wildman–Crippen LogP) is 15.5. The molecule has 0 atom stereocenters. The summed E-state index contributed by atoms with van der Waals surface area (Å²) < 4.78 is 0. The van der Waals surface area contributed by atoms with Crippen LogP contribution in [0.25, 0.3) is 53.9 Å². The molecule has 0 N–H and O–H groups in total. The van der Waals surface area contributed by atoms with Crippen LogP contribution in [0.4, 0.5) is 34.1 Å². The van der Waals surface area contributed by atoms with E-state index >= 15 is 0 Å². The largest absolute Gasteiger partial charge is 0.309 e. The third kappa shape index (κ3) is 8.17. The van der Waals surface area contributed by atoms with Gasteiger partial charge in [0.25, 0.3) is 0 Å². The zero-order valence-electron chi connectivity index (χ0n) is 43.8. The Labute approximate surface area is 457 Å². The summed E-state index contributed by atoms with van der Waals surface area (Å²) in [7, 11) is 0. The number of anilines is 6. The van der Waals surface area contributed by atoms with E-state index in [4.69, 9.17) is 0 Å². The second kappa shape index (κ2) is 19.8. The molecule has 14 aromatic rings. The molecular weight excluding hydrogens is 938 g/mol. The average Bonchev–Trinajstić information content (AvgIpc) is 3.69. The quantitative estimate of drug-likeness (QED) is 0.0889. The van der Waals surface area contributed by atoms with Crippen molar-refractivity contribution in [1.29, 1.82) is 0 Å². The molecule has 0 bridgehead atoms. The van der Waals surface area contributed by atoms with Crippen LogP contribution in [0, 0.1) is 13.8 Å². The summed E-state index contributed by atoms with van der Waals surface area (Å²) in [6.07, 6.45) is 0. The zero-order valence-corrected chi connectivity index (χ0v) is 43.8. The van der Waals surface area contributed by atoms with E-state index in [2.05, 4.69) is 315 Å². The van der Waals surface area contributed by atoms with E-state index < -0.39 is 0 Å². The van der Waals surface area contributed by atoms with Gasteiger partial charge in [-0.1, -0.05) is 275 Å². The first-order valence-corrected chi connectivity index (χ1v) is 27.2. The fourth-order valence-corrected chi connectivity index (χ4v) is 12.7. The fraction of sp³-hybridized carbons (Fsp3) is 0.0270. The highest BCUT2D eigenvalue weighted by Gasteiger charge is 2.28. The maximum absolute atomic E-state index is 2.51. The molecule has 0 unspecified atom stereocenters. The minimum absolute atomic E-state index is 0.0913. The number of benzene rings is 14. The van der Waals surface area contributed by atoms with Crippen molar-refractivity contribution in [2.75, 3.05) is 9.80 Å². The van der Waals surface area contributed by atoms with Crippen molar-refractivity contribution < 1.29 is 0 Å². The highest BCUT2D eigenvalue weighted by atomic mass is 15.2. The molecule has 0 amide bonds. The molecule has 0 saturated heterocycles. The van der Waals surface area contributed by atoms with Gasteiger partial charge in [0.05, 0.1) is 22.7 Å². The van der Waals surface area contributed by atoms with Crippen molar-refractivity contribution in [2.45, 2.75) is 13.8 Å². The Morgan fingerprint density at radius 2 is 0.526 bits per heavy atom. The number of nitrogens with zero attached hydrogens (tertiary/aromatic N) is 2. The monoisotopic (exact) mass is 992 g/mol. The standard InChI is InChI=1S/C74H54B2N2/c1-51-49-71(77(69-35-19-23-53-21-15-17-33-65(53)69)61-41-37-59(38-42-61)75(55-25-7-3-8-26-55)56-27-9-4-10-28-56)67-48-46-64-52(2)50-72(68-47-45-63(51)73(67)74(64)68)78(70-36-20-24-54-22-16-18-34-66(54)70)62-43-39-60(40-44-62)76(57-29-11-5-12-30-57)58-31-13-6-14-32-58/h3-50H,1-2H3. The molecule has 0 aliphatic rings. The van der Waals surface area contributed by atoms with E-state index in [-0.39, 0.29) is 13.4 Å². The predicted molar refractivity (Wildman–Crippen MR) is 339 cm³/mol. The lowest BCUT2D eigenvalue weighted by Gasteiger charge is -2.31. The Morgan fingerprint density at radius 1 is 0.231 bits per heavy atom. The van der Waals surface area contributed by atoms with Crippen LogP contribution in [0.2, 0.25) is 0 Å². The minimum Gasteiger partial charge on any atom is -0.309 e. The van der Waals surface area contributed by atoms with Gasteiger partial charge in [0.2, 0.25) is 13.4 Å². The molecule has 0 aliphatic carbocycles. The normalized spacial score (nSPS) is 11.5. The number of hydrogen-bond acceptors (Lipinski definition) is 2. The van der Waals surface area contributed by atoms with E-state index in [1.807, 2.05) is 0 Å². The molecule has 0 fully saturated rings. The van der Waals surface area contributed by atoms with E-state index in [0.29, 0.717) is 0 Å². The first kappa shape index (κ1) is 46.9. The number of hydrogen-bond donors (Lipinski definition) is 0. The molecule has 4 heteroatoms. The molecule has 0 aromatic heterocycles. The van der Waals surface area contributed by atoms with Gasteiger partial charge in [-0.3, -0.25) is 0 Å². The Morgan fingerprint density at radius 3 is 0.885 bits per heavy atom. The summed E-state index contributed by atoms with van der Waals surface area (Å²) in [5.74, 6) is 0. The summed E-state index contributed by atoms with van der Waals surface area (Å²) in [5.41, 5.74) is 16.9. The van der Waals surface area contributed by atoms with Gasteiger partial charge < -0.3 is 9.80 Å². The van der Waals surface area contributed by atoms with Crippen molar-refractivity contribution in [3.05, 3.63) is 302 Å². The van der Waals surface area contributed by atoms with Gasteiger partial charge in [-0.2, -0.15) is 0 Å². The summed E-state index contributed by atoms with van der Waals surface area (Å²) in [6, 6.07) is 108. The van der Waals surface area contributed by atoms with E-state index in [9.17, 15) is 0 Å².